The molecule has 0 aliphatic carbocycles. The summed E-state index contributed by atoms with van der Waals surface area (Å²) in [5, 5.41) is 42.2. The fraction of sp³-hybridized carbons (Fsp3) is 0.667. The van der Waals surface area contributed by atoms with Crippen LogP contribution in [0.25, 0.3) is 0 Å². The number of quaternary nitrogens is 1. The van der Waals surface area contributed by atoms with Crippen molar-refractivity contribution in [3.63, 3.8) is 0 Å². The molecule has 1 rings (SSSR count). The summed E-state index contributed by atoms with van der Waals surface area (Å²) >= 11 is 0. The van der Waals surface area contributed by atoms with Crippen LogP contribution in [0.2, 0.25) is 0 Å². The van der Waals surface area contributed by atoms with Gasteiger partial charge in [0.1, 0.15) is 11.7 Å². The minimum Gasteiger partial charge on any atom is -0.544 e. The number of rotatable bonds is 10. The van der Waals surface area contributed by atoms with E-state index < -0.39 is 35.1 Å². The summed E-state index contributed by atoms with van der Waals surface area (Å²) in [7, 11) is 3.12. The van der Waals surface area contributed by atoms with Gasteiger partial charge in [-0.25, -0.2) is 0 Å². The monoisotopic (exact) mass is 371 g/mol. The molecule has 8 nitrogen and oxygen atoms in total. The quantitative estimate of drug-likeness (QED) is 0.482. The van der Waals surface area contributed by atoms with Gasteiger partial charge in [0.15, 0.2) is 11.0 Å². The highest BCUT2D eigenvalue weighted by Crippen LogP contribution is 2.46. The molecule has 1 aromatic rings. The number of nitrogens with zero attached hydrogens (tertiary/aromatic N) is 1. The Bertz CT molecular complexity index is 623. The number of carboxylic acids is 2. The normalized spacial score (nSPS) is 19.2. The average Bonchev–Trinajstić information content (AvgIpc) is 3.03. The third kappa shape index (κ3) is 3.62. The summed E-state index contributed by atoms with van der Waals surface area (Å²) in [6, 6.07) is 2.89. The predicted molar refractivity (Wildman–Crippen MR) is 91.0 cm³/mol. The van der Waals surface area contributed by atoms with Crippen molar-refractivity contribution in [3.05, 3.63) is 24.2 Å². The Morgan fingerprint density at radius 1 is 1.27 bits per heavy atom. The van der Waals surface area contributed by atoms with Crippen LogP contribution in [-0.4, -0.2) is 70.1 Å². The Balaban J connectivity index is 3.77. The number of aliphatic hydroxyl groups is 2. The van der Waals surface area contributed by atoms with Crippen LogP contribution in [0.5, 0.6) is 0 Å². The Hall–Kier alpha value is -1.90. The van der Waals surface area contributed by atoms with E-state index in [-0.39, 0.29) is 29.6 Å². The third-order valence-corrected chi connectivity index (χ3v) is 5.34. The van der Waals surface area contributed by atoms with Crippen molar-refractivity contribution in [1.82, 2.24) is 0 Å². The van der Waals surface area contributed by atoms with Crippen LogP contribution in [-0.2, 0) is 15.0 Å². The van der Waals surface area contributed by atoms with E-state index in [2.05, 4.69) is 0 Å². The van der Waals surface area contributed by atoms with E-state index in [0.29, 0.717) is 0 Å². The maximum atomic E-state index is 12.5. The molecule has 0 saturated heterocycles. The zero-order chi connectivity index (χ0) is 20.3. The van der Waals surface area contributed by atoms with E-state index in [4.69, 9.17) is 4.42 Å². The number of furan rings is 1. The number of carbonyl (C=O) groups excluding carboxylic acids is 1. The van der Waals surface area contributed by atoms with E-state index in [1.165, 1.54) is 32.2 Å². The Morgan fingerprint density at radius 2 is 1.85 bits per heavy atom. The molecule has 148 valence electrons. The van der Waals surface area contributed by atoms with E-state index in [1.54, 1.807) is 21.0 Å². The Morgan fingerprint density at radius 3 is 2.19 bits per heavy atom. The first-order chi connectivity index (χ1) is 11.8. The SMILES string of the molecule is CC(O)CC[N+](C)(C)C(CC(C)O)(C(=O)[O-])C(C)(C(=O)O)c1ccco1. The predicted octanol–water partition coefficient (Wildman–Crippen LogP) is -0.271. The summed E-state index contributed by atoms with van der Waals surface area (Å²) in [5.74, 6) is -3.05. The lowest BCUT2D eigenvalue weighted by molar-refractivity contribution is -0.940. The number of aliphatic carboxylic acids is 2. The van der Waals surface area contributed by atoms with E-state index >= 15 is 0 Å². The maximum absolute atomic E-state index is 12.5. The molecule has 8 heteroatoms. The van der Waals surface area contributed by atoms with Gasteiger partial charge in [0, 0.05) is 12.8 Å². The second-order valence-corrected chi connectivity index (χ2v) is 7.65. The molecule has 4 unspecified atom stereocenters. The lowest BCUT2D eigenvalue weighted by atomic mass is 9.64. The highest BCUT2D eigenvalue weighted by molar-refractivity contribution is 5.92. The van der Waals surface area contributed by atoms with Gasteiger partial charge in [-0.2, -0.15) is 0 Å². The molecular weight excluding hydrogens is 342 g/mol. The van der Waals surface area contributed by atoms with Gasteiger partial charge in [-0.3, -0.25) is 4.79 Å². The van der Waals surface area contributed by atoms with Crippen LogP contribution in [0.4, 0.5) is 0 Å². The molecule has 0 aliphatic heterocycles. The van der Waals surface area contributed by atoms with E-state index in [1.807, 2.05) is 0 Å². The van der Waals surface area contributed by atoms with Crippen molar-refractivity contribution < 1.29 is 38.9 Å². The topological polar surface area (TPSA) is 131 Å². The molecule has 26 heavy (non-hydrogen) atoms. The summed E-state index contributed by atoms with van der Waals surface area (Å²) < 4.78 is 4.98. The largest absolute Gasteiger partial charge is 0.544 e. The van der Waals surface area contributed by atoms with Crippen LogP contribution in [0.15, 0.2) is 22.8 Å². The zero-order valence-corrected chi connectivity index (χ0v) is 15.9. The summed E-state index contributed by atoms with van der Waals surface area (Å²) in [6.07, 6.45) is -0.653. The number of carbonyl (C=O) groups is 2. The van der Waals surface area contributed by atoms with Gasteiger partial charge in [-0.1, -0.05) is 0 Å². The van der Waals surface area contributed by atoms with Crippen LogP contribution in [0.3, 0.4) is 0 Å². The van der Waals surface area contributed by atoms with Crippen molar-refractivity contribution >= 4 is 11.9 Å². The Labute approximate surface area is 153 Å². The molecule has 4 atom stereocenters. The van der Waals surface area contributed by atoms with E-state index in [0.717, 1.165) is 0 Å². The number of carboxylic acid groups (broad SMARTS) is 2. The van der Waals surface area contributed by atoms with Crippen molar-refractivity contribution in [2.45, 2.75) is 56.8 Å². The van der Waals surface area contributed by atoms with Gasteiger partial charge in [0.2, 0.25) is 0 Å². The molecule has 1 aromatic heterocycles. The first-order valence-corrected chi connectivity index (χ1v) is 8.51. The molecule has 1 heterocycles. The Kier molecular flexibility index (Phi) is 6.62. The van der Waals surface area contributed by atoms with Gasteiger partial charge in [0.25, 0.3) is 0 Å². The highest BCUT2D eigenvalue weighted by Gasteiger charge is 2.66. The molecule has 0 saturated carbocycles. The maximum Gasteiger partial charge on any atom is 0.324 e. The molecule has 0 radical (unpaired) electrons. The molecule has 0 amide bonds. The van der Waals surface area contributed by atoms with Crippen molar-refractivity contribution in [2.24, 2.45) is 0 Å². The van der Waals surface area contributed by atoms with Gasteiger partial charge < -0.3 is 34.1 Å². The molecule has 0 fully saturated rings. The molecular formula is C18H29NO7. The van der Waals surface area contributed by atoms with Crippen LogP contribution < -0.4 is 5.11 Å². The van der Waals surface area contributed by atoms with Gasteiger partial charge in [-0.05, 0) is 32.9 Å². The highest BCUT2D eigenvalue weighted by atomic mass is 16.4. The first-order valence-electron chi connectivity index (χ1n) is 8.51. The second-order valence-electron chi connectivity index (χ2n) is 7.65. The number of likely N-dealkylation sites (N-methyl/N-ethyl adjacent to an activating group) is 1. The minimum atomic E-state index is -2.06. The zero-order valence-electron chi connectivity index (χ0n) is 15.9. The summed E-state index contributed by atoms with van der Waals surface area (Å²) in [6.45, 7) is 4.39. The van der Waals surface area contributed by atoms with Crippen LogP contribution in [0.1, 0.15) is 39.4 Å². The first kappa shape index (κ1) is 22.1. The van der Waals surface area contributed by atoms with Gasteiger partial charge >= 0.3 is 5.97 Å². The lowest BCUT2D eigenvalue weighted by Gasteiger charge is -2.56. The molecule has 3 N–H and O–H groups in total. The lowest BCUT2D eigenvalue weighted by Crippen LogP contribution is -2.78. The minimum absolute atomic E-state index is 0.0434. The number of hydrogen-bond donors (Lipinski definition) is 3. The molecule has 0 aliphatic rings. The average molecular weight is 371 g/mol. The van der Waals surface area contributed by atoms with Crippen LogP contribution in [0, 0.1) is 0 Å². The van der Waals surface area contributed by atoms with Crippen LogP contribution >= 0.6 is 0 Å². The fourth-order valence-corrected chi connectivity index (χ4v) is 3.77. The molecule has 0 spiro atoms. The smallest absolute Gasteiger partial charge is 0.324 e. The fourth-order valence-electron chi connectivity index (χ4n) is 3.77. The summed E-state index contributed by atoms with van der Waals surface area (Å²) in [5.41, 5.74) is -4.08. The number of aliphatic hydroxyl groups excluding tert-OH is 2. The molecule has 0 aromatic carbocycles. The second kappa shape index (κ2) is 7.77. The van der Waals surface area contributed by atoms with Crippen molar-refractivity contribution in [3.8, 4) is 0 Å². The molecule has 0 bridgehead atoms. The van der Waals surface area contributed by atoms with Crippen molar-refractivity contribution in [1.29, 1.82) is 0 Å². The third-order valence-electron chi connectivity index (χ3n) is 5.34. The van der Waals surface area contributed by atoms with Crippen molar-refractivity contribution in [2.75, 3.05) is 20.6 Å². The van der Waals surface area contributed by atoms with Gasteiger partial charge in [0.05, 0.1) is 39.1 Å². The summed E-state index contributed by atoms with van der Waals surface area (Å²) in [4.78, 5) is 24.8. The number of hydrogen-bond acceptors (Lipinski definition) is 6. The van der Waals surface area contributed by atoms with Gasteiger partial charge in [-0.15, -0.1) is 0 Å². The standard InChI is InChI=1S/C18H29NO7/c1-12(20)8-9-19(4,5)18(16(24)25,11-13(2)21)17(3,15(22)23)14-7-6-10-26-14/h6-7,10,12-13,20-21H,8-9,11H2,1-5H3,(H-,22,23,24,25). The van der Waals surface area contributed by atoms with E-state index in [9.17, 15) is 30.0 Å².